The van der Waals surface area contributed by atoms with E-state index in [4.69, 9.17) is 9.47 Å². The van der Waals surface area contributed by atoms with E-state index in [0.29, 0.717) is 11.6 Å². The molecule has 0 bridgehead atoms. The number of phenolic OH excluding ortho intramolecular Hbond substituents is 1. The molecule has 5 heteroatoms. The van der Waals surface area contributed by atoms with Crippen molar-refractivity contribution in [3.8, 4) is 5.75 Å². The van der Waals surface area contributed by atoms with Gasteiger partial charge in [-0.15, -0.1) is 0 Å². The number of benzene rings is 3. The maximum absolute atomic E-state index is 15.6. The Kier molecular flexibility index (Phi) is 7.07. The zero-order valence-electron chi connectivity index (χ0n) is 20.5. The summed E-state index contributed by atoms with van der Waals surface area (Å²) in [5.41, 5.74) is 5.26. The molecule has 0 amide bonds. The summed E-state index contributed by atoms with van der Waals surface area (Å²) >= 11 is 0. The number of aryl methyl sites for hydroxylation is 1. The van der Waals surface area contributed by atoms with Gasteiger partial charge in [0.1, 0.15) is 11.6 Å². The van der Waals surface area contributed by atoms with Crippen LogP contribution in [0.15, 0.2) is 66.7 Å². The molecule has 1 fully saturated rings. The predicted molar refractivity (Wildman–Crippen MR) is 137 cm³/mol. The van der Waals surface area contributed by atoms with E-state index in [9.17, 15) is 5.11 Å². The van der Waals surface area contributed by atoms with Gasteiger partial charge in [-0.05, 0) is 78.1 Å². The van der Waals surface area contributed by atoms with Crippen molar-refractivity contribution >= 4 is 5.69 Å². The van der Waals surface area contributed by atoms with Crippen molar-refractivity contribution in [3.05, 3.63) is 94.8 Å². The van der Waals surface area contributed by atoms with Crippen molar-refractivity contribution < 1.29 is 19.0 Å². The van der Waals surface area contributed by atoms with Crippen LogP contribution < -0.4 is 4.90 Å². The smallest absolute Gasteiger partial charge is 0.159 e. The number of hydrogen-bond acceptors (Lipinski definition) is 4. The lowest BCUT2D eigenvalue weighted by Gasteiger charge is -2.37. The summed E-state index contributed by atoms with van der Waals surface area (Å²) in [5, 5.41) is 10.1. The van der Waals surface area contributed by atoms with E-state index >= 15 is 4.39 Å². The molecule has 3 aromatic rings. The van der Waals surface area contributed by atoms with Gasteiger partial charge in [0.05, 0.1) is 5.69 Å². The molecule has 1 N–H and O–H groups in total. The van der Waals surface area contributed by atoms with Gasteiger partial charge in [-0.1, -0.05) is 42.5 Å². The maximum Gasteiger partial charge on any atom is 0.159 e. The first-order valence-electron chi connectivity index (χ1n) is 12.6. The second-order valence-corrected chi connectivity index (χ2v) is 9.79. The normalized spacial score (nSPS) is 20.7. The summed E-state index contributed by atoms with van der Waals surface area (Å²) in [4.78, 5) is 2.14. The number of ether oxygens (including phenoxy) is 2. The van der Waals surface area contributed by atoms with Crippen LogP contribution in [0.2, 0.25) is 0 Å². The Morgan fingerprint density at radius 3 is 2.31 bits per heavy atom. The van der Waals surface area contributed by atoms with Crippen LogP contribution in [0.4, 0.5) is 10.1 Å². The highest BCUT2D eigenvalue weighted by Gasteiger charge is 2.33. The van der Waals surface area contributed by atoms with E-state index in [-0.39, 0.29) is 29.7 Å². The third-order valence-corrected chi connectivity index (χ3v) is 7.88. The minimum absolute atomic E-state index is 0.0419. The number of piperidine rings is 1. The number of anilines is 1. The van der Waals surface area contributed by atoms with Gasteiger partial charge in [0.25, 0.3) is 0 Å². The van der Waals surface area contributed by atoms with Crippen molar-refractivity contribution in [2.45, 2.75) is 43.8 Å². The molecular formula is C30H34FNO3. The van der Waals surface area contributed by atoms with Gasteiger partial charge in [-0.2, -0.15) is 0 Å². The van der Waals surface area contributed by atoms with Crippen LogP contribution in [0.3, 0.4) is 0 Å². The molecule has 5 rings (SSSR count). The van der Waals surface area contributed by atoms with E-state index in [0.717, 1.165) is 49.9 Å². The summed E-state index contributed by atoms with van der Waals surface area (Å²) < 4.78 is 26.5. The van der Waals surface area contributed by atoms with E-state index in [1.54, 1.807) is 26.4 Å². The lowest BCUT2D eigenvalue weighted by Crippen LogP contribution is -2.39. The van der Waals surface area contributed by atoms with Gasteiger partial charge < -0.3 is 19.5 Å². The molecular weight excluding hydrogens is 441 g/mol. The van der Waals surface area contributed by atoms with Crippen molar-refractivity contribution in [1.82, 2.24) is 0 Å². The number of phenols is 1. The maximum atomic E-state index is 15.6. The molecule has 0 spiro atoms. The zero-order valence-corrected chi connectivity index (χ0v) is 20.5. The molecule has 1 aliphatic carbocycles. The molecule has 0 unspecified atom stereocenters. The van der Waals surface area contributed by atoms with E-state index in [2.05, 4.69) is 35.2 Å². The van der Waals surface area contributed by atoms with Crippen LogP contribution in [-0.4, -0.2) is 38.7 Å². The standard InChI is InChI=1S/C30H34FNO3/c1-34-30(35-2)21-14-16-32(17-15-21)28-13-9-23(19-27(28)31)29-25(20-6-4-3-5-7-20)11-8-22-18-24(33)10-12-26(22)29/h3-7,9-10,12-13,18-19,21,25,29-30,33H,8,11,14-17H2,1-2H3/t25-,29+/m1/s1. The summed E-state index contributed by atoms with van der Waals surface area (Å²) in [6.45, 7) is 1.56. The molecule has 3 aromatic carbocycles. The molecule has 1 heterocycles. The lowest BCUT2D eigenvalue weighted by molar-refractivity contribution is -0.141. The molecule has 184 valence electrons. The highest BCUT2D eigenvalue weighted by Crippen LogP contribution is 2.47. The SMILES string of the molecule is COC(OC)C1CCN(c2ccc([C@@H]3c4ccc(O)cc4CC[C@@H]3c3ccccc3)cc2F)CC1. The van der Waals surface area contributed by atoms with E-state index < -0.39 is 0 Å². The first kappa shape index (κ1) is 23.8. The fourth-order valence-corrected chi connectivity index (χ4v) is 6.14. The third kappa shape index (κ3) is 4.80. The molecule has 1 saturated heterocycles. The Morgan fingerprint density at radius 1 is 0.886 bits per heavy atom. The Labute approximate surface area is 207 Å². The molecule has 0 saturated carbocycles. The number of nitrogens with zero attached hydrogens (tertiary/aromatic N) is 1. The second kappa shape index (κ2) is 10.4. The molecule has 1 aliphatic heterocycles. The van der Waals surface area contributed by atoms with Gasteiger partial charge in [-0.3, -0.25) is 0 Å². The van der Waals surface area contributed by atoms with Crippen LogP contribution in [0.1, 0.15) is 53.4 Å². The van der Waals surface area contributed by atoms with Crippen molar-refractivity contribution in [2.75, 3.05) is 32.2 Å². The Morgan fingerprint density at radius 2 is 1.63 bits per heavy atom. The zero-order chi connectivity index (χ0) is 24.4. The third-order valence-electron chi connectivity index (χ3n) is 7.88. The summed E-state index contributed by atoms with van der Waals surface area (Å²) in [6.07, 6.45) is 3.47. The highest BCUT2D eigenvalue weighted by atomic mass is 19.1. The molecule has 0 aromatic heterocycles. The average molecular weight is 476 g/mol. The second-order valence-electron chi connectivity index (χ2n) is 9.79. The van der Waals surface area contributed by atoms with Gasteiger partial charge in [0, 0.05) is 39.1 Å². The molecule has 4 nitrogen and oxygen atoms in total. The average Bonchev–Trinajstić information content (AvgIpc) is 2.89. The first-order valence-corrected chi connectivity index (χ1v) is 12.6. The van der Waals surface area contributed by atoms with E-state index in [1.807, 2.05) is 24.3 Å². The molecule has 35 heavy (non-hydrogen) atoms. The van der Waals surface area contributed by atoms with Gasteiger partial charge >= 0.3 is 0 Å². The number of rotatable bonds is 6. The highest BCUT2D eigenvalue weighted by molar-refractivity contribution is 5.53. The molecule has 2 atom stereocenters. The Bertz CT molecular complexity index is 1140. The van der Waals surface area contributed by atoms with Crippen LogP contribution in [0.5, 0.6) is 5.75 Å². The van der Waals surface area contributed by atoms with Gasteiger partial charge in [-0.25, -0.2) is 4.39 Å². The number of halogens is 1. The van der Waals surface area contributed by atoms with Crippen LogP contribution in [0, 0.1) is 11.7 Å². The Hall–Kier alpha value is -2.89. The fourth-order valence-electron chi connectivity index (χ4n) is 6.14. The predicted octanol–water partition coefficient (Wildman–Crippen LogP) is 6.23. The lowest BCUT2D eigenvalue weighted by atomic mass is 9.69. The summed E-state index contributed by atoms with van der Waals surface area (Å²) in [5.74, 6) is 0.739. The fraction of sp³-hybridized carbons (Fsp3) is 0.400. The summed E-state index contributed by atoms with van der Waals surface area (Å²) in [7, 11) is 3.35. The Balaban J connectivity index is 1.44. The minimum Gasteiger partial charge on any atom is -0.508 e. The molecule has 2 aliphatic rings. The quantitative estimate of drug-likeness (QED) is 0.429. The molecule has 0 radical (unpaired) electrons. The van der Waals surface area contributed by atoms with Gasteiger partial charge in [0.15, 0.2) is 6.29 Å². The number of methoxy groups -OCH3 is 2. The number of hydrogen-bond donors (Lipinski definition) is 1. The topological polar surface area (TPSA) is 41.9 Å². The van der Waals surface area contributed by atoms with Crippen LogP contribution >= 0.6 is 0 Å². The summed E-state index contributed by atoms with van der Waals surface area (Å²) in [6, 6.07) is 21.9. The number of aromatic hydroxyl groups is 1. The van der Waals surface area contributed by atoms with Crippen LogP contribution in [-0.2, 0) is 15.9 Å². The largest absolute Gasteiger partial charge is 0.508 e. The van der Waals surface area contributed by atoms with Crippen LogP contribution in [0.25, 0.3) is 0 Å². The van der Waals surface area contributed by atoms with E-state index in [1.165, 1.54) is 11.1 Å². The first-order chi connectivity index (χ1) is 17.1. The van der Waals surface area contributed by atoms with Gasteiger partial charge in [0.2, 0.25) is 0 Å². The van der Waals surface area contributed by atoms with Crippen molar-refractivity contribution in [2.24, 2.45) is 5.92 Å². The monoisotopic (exact) mass is 475 g/mol. The van der Waals surface area contributed by atoms with Crippen molar-refractivity contribution in [3.63, 3.8) is 0 Å². The van der Waals surface area contributed by atoms with Crippen molar-refractivity contribution in [1.29, 1.82) is 0 Å². The minimum atomic E-state index is -0.204. The number of fused-ring (bicyclic) bond motifs is 1.